The summed E-state index contributed by atoms with van der Waals surface area (Å²) in [5.74, 6) is -2.10. The maximum Gasteiger partial charge on any atom is 0.409 e. The Balaban J connectivity index is 1.90. The zero-order chi connectivity index (χ0) is 37.1. The zero-order valence-electron chi connectivity index (χ0n) is 29.2. The van der Waals surface area contributed by atoms with E-state index in [0.29, 0.717) is 31.6 Å². The van der Waals surface area contributed by atoms with Crippen LogP contribution >= 0.6 is 0 Å². The van der Waals surface area contributed by atoms with Gasteiger partial charge in [-0.2, -0.15) is 0 Å². The number of nitrogens with two attached hydrogens (primary N) is 1. The largest absolute Gasteiger partial charge is 0.445 e. The molecule has 1 heterocycles. The van der Waals surface area contributed by atoms with Crippen LogP contribution in [0.3, 0.4) is 0 Å². The standard InChI is InChI=1S/C33H51N9O8/c1-22(2)29(37-17-16-36-26(43)8-6-19-42-27(44)13-14-28(42)45)31(47)40-25(7-5-15-38-32(34)48)30(46)39-24-11-9-23(10-12-24)21-50-33(49)41(4)20-18-35-3/h9-14,22,25,29,35,37H,5-8,15-21H2,1-4H3,(H,36,43)(H,39,46)(H,40,47)(H3,34,38,48)/t25-,29-/m0/s1. The molecule has 2 rings (SSSR count). The molecule has 0 radical (unpaired) electrons. The number of amides is 8. The van der Waals surface area contributed by atoms with Gasteiger partial charge >= 0.3 is 12.1 Å². The number of likely N-dealkylation sites (N-methyl/N-ethyl adjacent to an activating group) is 2. The number of hydrogen-bond acceptors (Lipinski definition) is 10. The molecule has 8 N–H and O–H groups in total. The quantitative estimate of drug-likeness (QED) is 0.0620. The molecule has 0 unspecified atom stereocenters. The van der Waals surface area contributed by atoms with Gasteiger partial charge in [-0.15, -0.1) is 0 Å². The number of nitrogens with zero attached hydrogens (tertiary/aromatic N) is 2. The molecule has 0 saturated carbocycles. The lowest BCUT2D eigenvalue weighted by molar-refractivity contribution is -0.137. The average molecular weight is 702 g/mol. The number of ether oxygens (including phenoxy) is 1. The minimum Gasteiger partial charge on any atom is -0.445 e. The van der Waals surface area contributed by atoms with E-state index in [0.717, 1.165) is 10.5 Å². The lowest BCUT2D eigenvalue weighted by atomic mass is 10.0. The molecule has 1 aromatic rings. The van der Waals surface area contributed by atoms with Crippen molar-refractivity contribution in [1.82, 2.24) is 36.4 Å². The molecular formula is C33H51N9O8. The van der Waals surface area contributed by atoms with Gasteiger partial charge in [-0.1, -0.05) is 26.0 Å². The number of rotatable bonds is 22. The highest BCUT2D eigenvalue weighted by molar-refractivity contribution is 6.12. The van der Waals surface area contributed by atoms with E-state index in [9.17, 15) is 33.6 Å². The van der Waals surface area contributed by atoms with E-state index in [1.54, 1.807) is 38.4 Å². The fourth-order valence-electron chi connectivity index (χ4n) is 4.79. The van der Waals surface area contributed by atoms with Gasteiger partial charge < -0.3 is 47.3 Å². The molecule has 8 amide bonds. The maximum absolute atomic E-state index is 13.4. The van der Waals surface area contributed by atoms with Gasteiger partial charge in [0.25, 0.3) is 11.8 Å². The van der Waals surface area contributed by atoms with Crippen molar-refractivity contribution in [1.29, 1.82) is 0 Å². The van der Waals surface area contributed by atoms with Gasteiger partial charge in [0.1, 0.15) is 12.6 Å². The van der Waals surface area contributed by atoms with Crippen LogP contribution in [0, 0.1) is 5.92 Å². The van der Waals surface area contributed by atoms with Crippen molar-refractivity contribution >= 4 is 47.3 Å². The minimum absolute atomic E-state index is 0.0523. The molecule has 1 aliphatic rings. The zero-order valence-corrected chi connectivity index (χ0v) is 29.2. The normalized spacial score (nSPS) is 13.5. The summed E-state index contributed by atoms with van der Waals surface area (Å²) in [6, 6.07) is 4.42. The number of imide groups is 1. The second-order valence-corrected chi connectivity index (χ2v) is 12.1. The summed E-state index contributed by atoms with van der Waals surface area (Å²) in [6.07, 6.45) is 2.94. The molecule has 0 aliphatic carbocycles. The van der Waals surface area contributed by atoms with Crippen LogP contribution in [-0.2, 0) is 35.3 Å². The number of hydrogen-bond donors (Lipinski definition) is 7. The summed E-state index contributed by atoms with van der Waals surface area (Å²) in [5, 5.41) is 16.9. The number of urea groups is 1. The SMILES string of the molecule is CNCCN(C)C(=O)OCc1ccc(NC(=O)[C@H](CCCNC(N)=O)NC(=O)[C@@H](NCCNC(=O)CCCN2C(=O)C=CC2=O)C(C)C)cc1. The number of anilines is 1. The van der Waals surface area contributed by atoms with Crippen LogP contribution < -0.4 is 37.6 Å². The molecule has 0 fully saturated rings. The third-order valence-electron chi connectivity index (χ3n) is 7.64. The second-order valence-electron chi connectivity index (χ2n) is 12.1. The number of benzene rings is 1. The van der Waals surface area contributed by atoms with E-state index in [1.807, 2.05) is 13.8 Å². The van der Waals surface area contributed by atoms with Crippen LogP contribution in [0.25, 0.3) is 0 Å². The Labute approximate surface area is 292 Å². The molecule has 2 atom stereocenters. The van der Waals surface area contributed by atoms with Crippen molar-refractivity contribution in [3.8, 4) is 0 Å². The fraction of sp³-hybridized carbons (Fsp3) is 0.545. The van der Waals surface area contributed by atoms with Gasteiger partial charge in [0.15, 0.2) is 0 Å². The van der Waals surface area contributed by atoms with Crippen LogP contribution in [0.2, 0.25) is 0 Å². The van der Waals surface area contributed by atoms with E-state index >= 15 is 0 Å². The van der Waals surface area contributed by atoms with E-state index in [4.69, 9.17) is 10.5 Å². The Bertz CT molecular complexity index is 1330. The first kappa shape index (κ1) is 41.1. The Morgan fingerprint density at radius 3 is 2.20 bits per heavy atom. The number of carbonyl (C=O) groups excluding carboxylic acids is 7. The second kappa shape index (κ2) is 21.8. The van der Waals surface area contributed by atoms with Crippen molar-refractivity contribution in [3.63, 3.8) is 0 Å². The van der Waals surface area contributed by atoms with E-state index < -0.39 is 47.8 Å². The topological polar surface area (TPSA) is 233 Å². The van der Waals surface area contributed by atoms with Crippen molar-refractivity contribution < 1.29 is 38.3 Å². The van der Waals surface area contributed by atoms with Crippen molar-refractivity contribution in [3.05, 3.63) is 42.0 Å². The first-order valence-corrected chi connectivity index (χ1v) is 16.6. The summed E-state index contributed by atoms with van der Waals surface area (Å²) < 4.78 is 5.32. The van der Waals surface area contributed by atoms with Crippen molar-refractivity contribution in [2.75, 3.05) is 58.7 Å². The summed E-state index contributed by atoms with van der Waals surface area (Å²) in [5.41, 5.74) is 6.34. The van der Waals surface area contributed by atoms with Gasteiger partial charge in [0.2, 0.25) is 17.7 Å². The molecule has 0 saturated heterocycles. The van der Waals surface area contributed by atoms with Gasteiger partial charge in [-0.25, -0.2) is 9.59 Å². The lowest BCUT2D eigenvalue weighted by Crippen LogP contribution is -2.54. The predicted molar refractivity (Wildman–Crippen MR) is 185 cm³/mol. The summed E-state index contributed by atoms with van der Waals surface area (Å²) in [6.45, 7) is 5.72. The first-order chi connectivity index (χ1) is 23.8. The van der Waals surface area contributed by atoms with Crippen molar-refractivity contribution in [2.24, 2.45) is 11.7 Å². The Morgan fingerprint density at radius 2 is 1.58 bits per heavy atom. The number of primary amides is 1. The summed E-state index contributed by atoms with van der Waals surface area (Å²) in [4.78, 5) is 88.0. The first-order valence-electron chi connectivity index (χ1n) is 16.6. The molecule has 276 valence electrons. The van der Waals surface area contributed by atoms with E-state index in [2.05, 4.69) is 31.9 Å². The predicted octanol–water partition coefficient (Wildman–Crippen LogP) is -0.218. The monoisotopic (exact) mass is 701 g/mol. The van der Waals surface area contributed by atoms with E-state index in [-0.39, 0.29) is 57.5 Å². The molecule has 0 bridgehead atoms. The molecule has 17 heteroatoms. The lowest BCUT2D eigenvalue weighted by Gasteiger charge is -2.25. The van der Waals surface area contributed by atoms with Crippen LogP contribution in [0.5, 0.6) is 0 Å². The molecule has 0 spiro atoms. The third-order valence-corrected chi connectivity index (χ3v) is 7.64. The highest BCUT2D eigenvalue weighted by Gasteiger charge is 2.27. The van der Waals surface area contributed by atoms with Crippen molar-refractivity contribution in [2.45, 2.75) is 58.2 Å². The number of carbonyl (C=O) groups is 7. The minimum atomic E-state index is -0.946. The highest BCUT2D eigenvalue weighted by Crippen LogP contribution is 2.13. The number of nitrogens with one attached hydrogen (secondary N) is 6. The van der Waals surface area contributed by atoms with Gasteiger partial charge in [-0.05, 0) is 49.9 Å². The van der Waals surface area contributed by atoms with Gasteiger partial charge in [0.05, 0.1) is 6.04 Å². The molecule has 0 aromatic heterocycles. The third kappa shape index (κ3) is 15.0. The smallest absolute Gasteiger partial charge is 0.409 e. The average Bonchev–Trinajstić information content (AvgIpc) is 3.39. The summed E-state index contributed by atoms with van der Waals surface area (Å²) >= 11 is 0. The Kier molecular flexibility index (Phi) is 18.0. The molecule has 1 aromatic carbocycles. The highest BCUT2D eigenvalue weighted by atomic mass is 16.6. The molecule has 1 aliphatic heterocycles. The van der Waals surface area contributed by atoms with Gasteiger partial charge in [0, 0.05) is 70.6 Å². The molecular weight excluding hydrogens is 650 g/mol. The van der Waals surface area contributed by atoms with Crippen LogP contribution in [0.15, 0.2) is 36.4 Å². The fourth-order valence-corrected chi connectivity index (χ4v) is 4.79. The summed E-state index contributed by atoms with van der Waals surface area (Å²) in [7, 11) is 3.44. The Morgan fingerprint density at radius 1 is 0.900 bits per heavy atom. The van der Waals surface area contributed by atoms with Crippen LogP contribution in [-0.4, -0.2) is 117 Å². The van der Waals surface area contributed by atoms with Crippen LogP contribution in [0.4, 0.5) is 15.3 Å². The van der Waals surface area contributed by atoms with E-state index in [1.165, 1.54) is 17.1 Å². The molecule has 50 heavy (non-hydrogen) atoms. The van der Waals surface area contributed by atoms with Gasteiger partial charge in [-0.3, -0.25) is 28.9 Å². The maximum atomic E-state index is 13.4. The van der Waals surface area contributed by atoms with Crippen LogP contribution in [0.1, 0.15) is 45.1 Å². The molecule has 17 nitrogen and oxygen atoms in total. The Hall–Kier alpha value is -5.03.